The number of carbonyl (C=O) groups is 1. The predicted molar refractivity (Wildman–Crippen MR) is 92.5 cm³/mol. The summed E-state index contributed by atoms with van der Waals surface area (Å²) < 4.78 is 16.5. The van der Waals surface area contributed by atoms with Gasteiger partial charge in [0.2, 0.25) is 5.76 Å². The second-order valence-electron chi connectivity index (χ2n) is 5.82. The van der Waals surface area contributed by atoms with Gasteiger partial charge in [0.25, 0.3) is 0 Å². The summed E-state index contributed by atoms with van der Waals surface area (Å²) in [6.07, 6.45) is -2.38. The van der Waals surface area contributed by atoms with Crippen LogP contribution in [0.3, 0.4) is 0 Å². The lowest BCUT2D eigenvalue weighted by molar-refractivity contribution is -0.149. The van der Waals surface area contributed by atoms with Gasteiger partial charge in [-0.1, -0.05) is 60.7 Å². The first-order chi connectivity index (χ1) is 12.7. The second-order valence-corrected chi connectivity index (χ2v) is 5.82. The first-order valence-electron chi connectivity index (χ1n) is 8.26. The molecule has 6 nitrogen and oxygen atoms in total. The SMILES string of the molecule is O=C1O[C@H]([C@@H](O)CO)C(OCc2ccccc2)=C1OCc1ccccc1. The highest BCUT2D eigenvalue weighted by atomic mass is 16.6. The van der Waals surface area contributed by atoms with Crippen molar-refractivity contribution in [3.8, 4) is 0 Å². The molecule has 0 saturated heterocycles. The highest BCUT2D eigenvalue weighted by Crippen LogP contribution is 2.29. The standard InChI is InChI=1S/C20H20O6/c21-11-16(22)17-18(24-12-14-7-3-1-4-8-14)19(20(23)26-17)25-13-15-9-5-2-6-10-15/h1-10,16-17,21-22H,11-13H2/t16-,17+/m0/s1. The molecule has 0 bridgehead atoms. The van der Waals surface area contributed by atoms with Crippen LogP contribution in [0.25, 0.3) is 0 Å². The zero-order valence-corrected chi connectivity index (χ0v) is 14.1. The lowest BCUT2D eigenvalue weighted by Crippen LogP contribution is -2.32. The Bertz CT molecular complexity index is 756. The van der Waals surface area contributed by atoms with Crippen molar-refractivity contribution in [1.82, 2.24) is 0 Å². The van der Waals surface area contributed by atoms with Crippen LogP contribution >= 0.6 is 0 Å². The van der Waals surface area contributed by atoms with Crippen molar-refractivity contribution in [1.29, 1.82) is 0 Å². The van der Waals surface area contributed by atoms with E-state index in [9.17, 15) is 15.0 Å². The highest BCUT2D eigenvalue weighted by molar-refractivity contribution is 5.89. The molecule has 0 aromatic heterocycles. The molecule has 1 aliphatic rings. The maximum absolute atomic E-state index is 12.2. The monoisotopic (exact) mass is 356 g/mol. The van der Waals surface area contributed by atoms with Crippen LogP contribution < -0.4 is 0 Å². The maximum Gasteiger partial charge on any atom is 0.378 e. The zero-order chi connectivity index (χ0) is 18.4. The molecule has 0 aliphatic carbocycles. The van der Waals surface area contributed by atoms with Crippen molar-refractivity contribution in [2.45, 2.75) is 25.4 Å². The van der Waals surface area contributed by atoms with Crippen molar-refractivity contribution in [2.24, 2.45) is 0 Å². The molecule has 0 fully saturated rings. The van der Waals surface area contributed by atoms with Crippen molar-refractivity contribution in [3.63, 3.8) is 0 Å². The van der Waals surface area contributed by atoms with E-state index in [2.05, 4.69) is 0 Å². The molecule has 1 aliphatic heterocycles. The third-order valence-corrected chi connectivity index (χ3v) is 3.90. The number of esters is 1. The number of carbonyl (C=O) groups excluding carboxylic acids is 1. The fraction of sp³-hybridized carbons (Fsp3) is 0.250. The fourth-order valence-electron chi connectivity index (χ4n) is 2.54. The number of ether oxygens (including phenoxy) is 3. The molecular formula is C20H20O6. The van der Waals surface area contributed by atoms with Crippen molar-refractivity contribution >= 4 is 5.97 Å². The lowest BCUT2D eigenvalue weighted by Gasteiger charge is -2.18. The minimum absolute atomic E-state index is 0.0812. The Morgan fingerprint density at radius 2 is 1.46 bits per heavy atom. The third-order valence-electron chi connectivity index (χ3n) is 3.90. The minimum Gasteiger partial charge on any atom is -0.485 e. The van der Waals surface area contributed by atoms with Gasteiger partial charge in [0.15, 0.2) is 11.9 Å². The van der Waals surface area contributed by atoms with E-state index in [1.54, 1.807) is 0 Å². The smallest absolute Gasteiger partial charge is 0.378 e. The summed E-state index contributed by atoms with van der Waals surface area (Å²) in [6, 6.07) is 18.7. The van der Waals surface area contributed by atoms with Gasteiger partial charge in [0.1, 0.15) is 19.3 Å². The number of hydrogen-bond acceptors (Lipinski definition) is 6. The second kappa shape index (κ2) is 8.51. The summed E-state index contributed by atoms with van der Waals surface area (Å²) in [5, 5.41) is 19.2. The molecule has 2 atom stereocenters. The molecule has 26 heavy (non-hydrogen) atoms. The van der Waals surface area contributed by atoms with Gasteiger partial charge < -0.3 is 24.4 Å². The Hall–Kier alpha value is -2.83. The Kier molecular flexibility index (Phi) is 5.88. The quantitative estimate of drug-likeness (QED) is 0.703. The molecule has 2 aromatic rings. The lowest BCUT2D eigenvalue weighted by atomic mass is 10.1. The number of cyclic esters (lactones) is 1. The van der Waals surface area contributed by atoms with Gasteiger partial charge in [-0.3, -0.25) is 0 Å². The zero-order valence-electron chi connectivity index (χ0n) is 14.1. The van der Waals surface area contributed by atoms with Gasteiger partial charge in [-0.05, 0) is 11.1 Å². The molecule has 2 aromatic carbocycles. The normalized spacial score (nSPS) is 17.8. The Balaban J connectivity index is 1.79. The molecule has 0 saturated carbocycles. The van der Waals surface area contributed by atoms with Crippen LogP contribution in [0.1, 0.15) is 11.1 Å². The summed E-state index contributed by atoms with van der Waals surface area (Å²) in [5.74, 6) is -0.708. The first kappa shape index (κ1) is 18.0. The van der Waals surface area contributed by atoms with E-state index in [0.29, 0.717) is 0 Å². The average molecular weight is 356 g/mol. The van der Waals surface area contributed by atoms with Crippen LogP contribution in [0.4, 0.5) is 0 Å². The maximum atomic E-state index is 12.2. The number of rotatable bonds is 8. The molecule has 3 rings (SSSR count). The van der Waals surface area contributed by atoms with E-state index in [0.717, 1.165) is 11.1 Å². The molecule has 136 valence electrons. The van der Waals surface area contributed by atoms with Crippen LogP contribution in [-0.2, 0) is 32.2 Å². The van der Waals surface area contributed by atoms with Crippen LogP contribution in [0, 0.1) is 0 Å². The summed E-state index contributed by atoms with van der Waals surface area (Å²) in [6.45, 7) is -0.229. The highest BCUT2D eigenvalue weighted by Gasteiger charge is 2.41. The summed E-state index contributed by atoms with van der Waals surface area (Å²) in [7, 11) is 0. The number of aliphatic hydroxyl groups excluding tert-OH is 2. The fourth-order valence-corrected chi connectivity index (χ4v) is 2.54. The van der Waals surface area contributed by atoms with Crippen molar-refractivity contribution < 1.29 is 29.2 Å². The van der Waals surface area contributed by atoms with Crippen LogP contribution in [-0.4, -0.2) is 35.0 Å². The van der Waals surface area contributed by atoms with E-state index in [-0.39, 0.29) is 24.7 Å². The van der Waals surface area contributed by atoms with E-state index >= 15 is 0 Å². The summed E-state index contributed by atoms with van der Waals surface area (Å²) in [4.78, 5) is 12.2. The van der Waals surface area contributed by atoms with E-state index in [1.165, 1.54) is 0 Å². The van der Waals surface area contributed by atoms with Gasteiger partial charge >= 0.3 is 5.97 Å². The number of hydrogen-bond donors (Lipinski definition) is 2. The molecule has 6 heteroatoms. The molecule has 0 radical (unpaired) electrons. The molecule has 0 unspecified atom stereocenters. The summed E-state index contributed by atoms with van der Waals surface area (Å²) >= 11 is 0. The van der Waals surface area contributed by atoms with Crippen molar-refractivity contribution in [3.05, 3.63) is 83.3 Å². The van der Waals surface area contributed by atoms with Crippen LogP contribution in [0.15, 0.2) is 72.2 Å². The van der Waals surface area contributed by atoms with Gasteiger partial charge in [-0.2, -0.15) is 0 Å². The van der Waals surface area contributed by atoms with Gasteiger partial charge in [-0.15, -0.1) is 0 Å². The molecule has 2 N–H and O–H groups in total. The number of benzene rings is 2. The Labute approximate surface area is 151 Å². The first-order valence-corrected chi connectivity index (χ1v) is 8.26. The number of aliphatic hydroxyl groups is 2. The van der Waals surface area contributed by atoms with Gasteiger partial charge in [-0.25, -0.2) is 4.79 Å². The molecule has 0 spiro atoms. The summed E-state index contributed by atoms with van der Waals surface area (Å²) in [5.41, 5.74) is 1.76. The largest absolute Gasteiger partial charge is 0.485 e. The van der Waals surface area contributed by atoms with Crippen LogP contribution in [0.5, 0.6) is 0 Å². The van der Waals surface area contributed by atoms with E-state index < -0.39 is 24.8 Å². The average Bonchev–Trinajstić information content (AvgIpc) is 3.01. The third kappa shape index (κ3) is 4.22. The molecule has 1 heterocycles. The predicted octanol–water partition coefficient (Wildman–Crippen LogP) is 1.91. The molecule has 0 amide bonds. The van der Waals surface area contributed by atoms with E-state index in [1.807, 2.05) is 60.7 Å². The van der Waals surface area contributed by atoms with Gasteiger partial charge in [0, 0.05) is 0 Å². The van der Waals surface area contributed by atoms with Gasteiger partial charge in [0.05, 0.1) is 6.61 Å². The molecular weight excluding hydrogens is 336 g/mol. The Morgan fingerprint density at radius 1 is 0.923 bits per heavy atom. The van der Waals surface area contributed by atoms with Crippen LogP contribution in [0.2, 0.25) is 0 Å². The Morgan fingerprint density at radius 3 is 2.00 bits per heavy atom. The van der Waals surface area contributed by atoms with Crippen molar-refractivity contribution in [2.75, 3.05) is 6.61 Å². The van der Waals surface area contributed by atoms with E-state index in [4.69, 9.17) is 14.2 Å². The topological polar surface area (TPSA) is 85.2 Å². The minimum atomic E-state index is -1.29.